The number of sulfone groups is 1. The first-order valence-corrected chi connectivity index (χ1v) is 18.5. The molecule has 1 aromatic heterocycles. The maximum Gasteiger partial charge on any atom is 0.273 e. The minimum Gasteiger partial charge on any atom is -0.372 e. The molecule has 0 bridgehead atoms. The summed E-state index contributed by atoms with van der Waals surface area (Å²) in [4.78, 5) is 18.2. The number of azo groups is 1. The van der Waals surface area contributed by atoms with Crippen molar-refractivity contribution in [2.75, 3.05) is 23.7 Å². The second kappa shape index (κ2) is 17.3. The Morgan fingerprint density at radius 3 is 1.75 bits per heavy atom. The van der Waals surface area contributed by atoms with Gasteiger partial charge in [0.15, 0.2) is 20.2 Å². The van der Waals surface area contributed by atoms with Gasteiger partial charge in [-0.3, -0.25) is 0 Å². The number of benzene rings is 3. The lowest BCUT2D eigenvalue weighted by molar-refractivity contribution is 0.592. The summed E-state index contributed by atoms with van der Waals surface area (Å²) in [7, 11) is -3.59. The van der Waals surface area contributed by atoms with Crippen molar-refractivity contribution >= 4 is 50.7 Å². The van der Waals surface area contributed by atoms with Crippen LogP contribution in [0.4, 0.5) is 17.3 Å². The summed E-state index contributed by atoms with van der Waals surface area (Å²) in [6.07, 6.45) is 5.56. The maximum absolute atomic E-state index is 13.6. The number of unbranched alkanes of at least 4 members (excludes halogenated alkanes) is 3. The molecule has 0 aliphatic heterocycles. The highest BCUT2D eigenvalue weighted by molar-refractivity contribution is 7.99. The highest BCUT2D eigenvalue weighted by Crippen LogP contribution is 2.34. The molecule has 0 radical (unpaired) electrons. The molecule has 0 aliphatic rings. The van der Waals surface area contributed by atoms with Gasteiger partial charge in [0.25, 0.3) is 5.95 Å². The number of hydrogen-bond donors (Lipinski definition) is 0. The molecule has 0 spiro atoms. The predicted molar refractivity (Wildman–Crippen MR) is 181 cm³/mol. The van der Waals surface area contributed by atoms with Crippen LogP contribution in [0, 0.1) is 0 Å². The van der Waals surface area contributed by atoms with E-state index < -0.39 is 9.84 Å². The van der Waals surface area contributed by atoms with Crippen molar-refractivity contribution in [2.45, 2.75) is 84.3 Å². The second-order valence-corrected chi connectivity index (χ2v) is 14.4. The Morgan fingerprint density at radius 2 is 1.23 bits per heavy atom. The molecule has 0 atom stereocenters. The van der Waals surface area contributed by atoms with Gasteiger partial charge in [-0.25, -0.2) is 8.42 Å². The number of anilines is 1. The SMILES string of the molecule is CCCCN(CCCC)c1ccc(N=Nc2nc(Sc3ccccc3)nc(Sc3ccccc3)n2)c(S(=O)(=O)CCCC)c1. The van der Waals surface area contributed by atoms with E-state index in [9.17, 15) is 8.42 Å². The zero-order valence-corrected chi connectivity index (χ0v) is 28.0. The number of aromatic nitrogens is 3. The summed E-state index contributed by atoms with van der Waals surface area (Å²) in [5, 5.41) is 9.75. The fourth-order valence-electron chi connectivity index (χ4n) is 4.29. The van der Waals surface area contributed by atoms with Gasteiger partial charge >= 0.3 is 0 Å². The van der Waals surface area contributed by atoms with Crippen molar-refractivity contribution < 1.29 is 8.42 Å². The smallest absolute Gasteiger partial charge is 0.273 e. The van der Waals surface area contributed by atoms with Crippen LogP contribution >= 0.6 is 23.5 Å². The van der Waals surface area contributed by atoms with Crippen LogP contribution in [-0.4, -0.2) is 42.2 Å². The molecule has 0 N–H and O–H groups in total. The molecule has 3 aromatic carbocycles. The van der Waals surface area contributed by atoms with E-state index in [-0.39, 0.29) is 22.3 Å². The topological polar surface area (TPSA) is 101 Å². The van der Waals surface area contributed by atoms with Crippen LogP contribution in [0.5, 0.6) is 0 Å². The van der Waals surface area contributed by atoms with Crippen LogP contribution in [0.15, 0.2) is 114 Å². The average molecular weight is 649 g/mol. The lowest BCUT2D eigenvalue weighted by Crippen LogP contribution is -2.25. The van der Waals surface area contributed by atoms with E-state index in [2.05, 4.69) is 43.9 Å². The van der Waals surface area contributed by atoms with E-state index in [1.165, 1.54) is 23.5 Å². The third-order valence-electron chi connectivity index (χ3n) is 6.71. The Balaban J connectivity index is 1.72. The molecule has 0 aliphatic carbocycles. The van der Waals surface area contributed by atoms with Crippen LogP contribution < -0.4 is 4.90 Å². The van der Waals surface area contributed by atoms with E-state index >= 15 is 0 Å². The van der Waals surface area contributed by atoms with Gasteiger partial charge in [-0.2, -0.15) is 15.0 Å². The number of rotatable bonds is 17. The molecule has 0 amide bonds. The molecular formula is C33H40N6O2S3. The monoisotopic (exact) mass is 648 g/mol. The second-order valence-electron chi connectivity index (χ2n) is 10.2. The summed E-state index contributed by atoms with van der Waals surface area (Å²) in [6.45, 7) is 8.06. The van der Waals surface area contributed by atoms with E-state index in [0.717, 1.165) is 60.7 Å². The molecule has 11 heteroatoms. The molecule has 8 nitrogen and oxygen atoms in total. The molecule has 232 valence electrons. The van der Waals surface area contributed by atoms with Crippen LogP contribution in [0.2, 0.25) is 0 Å². The molecule has 44 heavy (non-hydrogen) atoms. The zero-order valence-electron chi connectivity index (χ0n) is 25.6. The fraction of sp³-hybridized carbons (Fsp3) is 0.364. The minimum absolute atomic E-state index is 0.0564. The van der Waals surface area contributed by atoms with Crippen molar-refractivity contribution in [2.24, 2.45) is 10.2 Å². The van der Waals surface area contributed by atoms with E-state index in [1.54, 1.807) is 12.1 Å². The highest BCUT2D eigenvalue weighted by atomic mass is 32.2. The summed E-state index contributed by atoms with van der Waals surface area (Å²) in [5.74, 6) is 0.173. The predicted octanol–water partition coefficient (Wildman–Crippen LogP) is 9.57. The lowest BCUT2D eigenvalue weighted by Gasteiger charge is -2.25. The fourth-order valence-corrected chi connectivity index (χ4v) is 7.50. The maximum atomic E-state index is 13.6. The third-order valence-corrected chi connectivity index (χ3v) is 10.3. The normalized spacial score (nSPS) is 11.7. The molecule has 0 saturated heterocycles. The van der Waals surface area contributed by atoms with E-state index in [4.69, 9.17) is 0 Å². The van der Waals surface area contributed by atoms with Crippen molar-refractivity contribution in [3.8, 4) is 0 Å². The quantitative estimate of drug-likeness (QED) is 0.104. The first kappa shape index (κ1) is 33.6. The molecular weight excluding hydrogens is 609 g/mol. The van der Waals surface area contributed by atoms with Crippen LogP contribution in [0.3, 0.4) is 0 Å². The molecule has 4 rings (SSSR count). The zero-order chi connectivity index (χ0) is 31.2. The number of nitrogens with zero attached hydrogens (tertiary/aromatic N) is 6. The van der Waals surface area contributed by atoms with Gasteiger partial charge in [0.1, 0.15) is 5.69 Å². The van der Waals surface area contributed by atoms with Crippen molar-refractivity contribution in [1.29, 1.82) is 0 Å². The Kier molecular flexibility index (Phi) is 13.2. The summed E-state index contributed by atoms with van der Waals surface area (Å²) >= 11 is 2.81. The van der Waals surface area contributed by atoms with Gasteiger partial charge < -0.3 is 4.90 Å². The lowest BCUT2D eigenvalue weighted by atomic mass is 10.2. The largest absolute Gasteiger partial charge is 0.372 e. The van der Waals surface area contributed by atoms with Crippen molar-refractivity contribution in [1.82, 2.24) is 15.0 Å². The van der Waals surface area contributed by atoms with Gasteiger partial charge in [0.2, 0.25) is 0 Å². The number of hydrogen-bond acceptors (Lipinski definition) is 10. The third kappa shape index (κ3) is 10.1. The average Bonchev–Trinajstić information content (AvgIpc) is 3.04. The molecule has 0 saturated carbocycles. The Hall–Kier alpha value is -3.28. The Bertz CT molecular complexity index is 1540. The van der Waals surface area contributed by atoms with Gasteiger partial charge in [-0.05, 0) is 85.3 Å². The molecule has 4 aromatic rings. The van der Waals surface area contributed by atoms with E-state index in [1.807, 2.05) is 73.7 Å². The first-order chi connectivity index (χ1) is 21.4. The van der Waals surface area contributed by atoms with Crippen LogP contribution in [0.25, 0.3) is 0 Å². The van der Waals surface area contributed by atoms with Gasteiger partial charge in [0, 0.05) is 28.6 Å². The summed E-state index contributed by atoms with van der Waals surface area (Å²) < 4.78 is 27.1. The minimum atomic E-state index is -3.59. The van der Waals surface area contributed by atoms with Crippen LogP contribution in [-0.2, 0) is 9.84 Å². The summed E-state index contributed by atoms with van der Waals surface area (Å²) in [6, 6.07) is 25.2. The van der Waals surface area contributed by atoms with Gasteiger partial charge in [-0.1, -0.05) is 76.4 Å². The standard InChI is InChI=1S/C33H40N6O2S3/c1-4-7-22-39(23-8-5-2)26-20-21-29(30(25-26)44(40,41)24-9-6-3)37-38-31-34-32(42-27-16-12-10-13-17-27)36-33(35-31)43-28-18-14-11-15-19-28/h10-21,25H,4-9,22-24H2,1-3H3. The van der Waals surface area contributed by atoms with E-state index in [0.29, 0.717) is 16.7 Å². The van der Waals surface area contributed by atoms with Crippen molar-refractivity contribution in [3.05, 3.63) is 78.9 Å². The molecule has 1 heterocycles. The van der Waals surface area contributed by atoms with Gasteiger partial charge in [0.05, 0.1) is 10.6 Å². The Labute approximate surface area is 270 Å². The highest BCUT2D eigenvalue weighted by Gasteiger charge is 2.21. The first-order valence-electron chi connectivity index (χ1n) is 15.2. The molecule has 0 fully saturated rings. The molecule has 0 unspecified atom stereocenters. The van der Waals surface area contributed by atoms with Crippen molar-refractivity contribution in [3.63, 3.8) is 0 Å². The van der Waals surface area contributed by atoms with Gasteiger partial charge in [-0.15, -0.1) is 10.2 Å². The Morgan fingerprint density at radius 1 is 0.682 bits per heavy atom. The summed E-state index contributed by atoms with van der Waals surface area (Å²) in [5.41, 5.74) is 1.18. The van der Waals surface area contributed by atoms with Crippen LogP contribution in [0.1, 0.15) is 59.3 Å².